The molecule has 1 aromatic carbocycles. The van der Waals surface area contributed by atoms with Crippen LogP contribution < -0.4 is 10.1 Å². The minimum atomic E-state index is 0.616. The molecule has 0 amide bonds. The minimum absolute atomic E-state index is 0.616. The predicted molar refractivity (Wildman–Crippen MR) is 87.1 cm³/mol. The molecule has 0 unspecified atom stereocenters. The van der Waals surface area contributed by atoms with Gasteiger partial charge < -0.3 is 10.1 Å². The summed E-state index contributed by atoms with van der Waals surface area (Å²) in [5, 5.41) is 4.05. The van der Waals surface area contributed by atoms with Gasteiger partial charge in [-0.05, 0) is 49.2 Å². The van der Waals surface area contributed by atoms with Crippen LogP contribution in [-0.4, -0.2) is 11.5 Å². The number of hydrogen-bond donors (Lipinski definition) is 1. The summed E-state index contributed by atoms with van der Waals surface area (Å²) >= 11 is 5.97. The molecule has 1 N–H and O–H groups in total. The van der Waals surface area contributed by atoms with Gasteiger partial charge in [0.25, 0.3) is 0 Å². The summed E-state index contributed by atoms with van der Waals surface area (Å²) in [5.74, 6) is 1.32. The van der Waals surface area contributed by atoms with Crippen molar-refractivity contribution in [2.24, 2.45) is 0 Å². The molecule has 2 rings (SSSR count). The van der Waals surface area contributed by atoms with Crippen molar-refractivity contribution in [2.45, 2.75) is 33.2 Å². The van der Waals surface area contributed by atoms with E-state index in [9.17, 15) is 0 Å². The average molecular weight is 305 g/mol. The topological polar surface area (TPSA) is 34.2 Å². The number of nitrogens with zero attached hydrogens (tertiary/aromatic N) is 1. The van der Waals surface area contributed by atoms with E-state index >= 15 is 0 Å². The highest BCUT2D eigenvalue weighted by atomic mass is 35.5. The predicted octanol–water partition coefficient (Wildman–Crippen LogP) is 4.59. The van der Waals surface area contributed by atoms with Gasteiger partial charge in [-0.1, -0.05) is 31.5 Å². The van der Waals surface area contributed by atoms with Gasteiger partial charge in [0.1, 0.15) is 5.75 Å². The summed E-state index contributed by atoms with van der Waals surface area (Å²) in [6.45, 7) is 6.09. The summed E-state index contributed by atoms with van der Waals surface area (Å²) in [4.78, 5) is 4.51. The first-order valence-corrected chi connectivity index (χ1v) is 7.73. The zero-order valence-electron chi connectivity index (χ0n) is 12.5. The van der Waals surface area contributed by atoms with E-state index in [1.807, 2.05) is 24.3 Å². The summed E-state index contributed by atoms with van der Waals surface area (Å²) in [5.41, 5.74) is 2.22. The molecule has 4 heteroatoms. The SMILES string of the molecule is CCCNCc1cc(CC)nc(Oc2cccc(Cl)c2)c1. The molecule has 0 aliphatic rings. The molecule has 1 aromatic heterocycles. The van der Waals surface area contributed by atoms with E-state index in [0.29, 0.717) is 16.7 Å². The third-order valence-corrected chi connectivity index (χ3v) is 3.29. The summed E-state index contributed by atoms with van der Waals surface area (Å²) in [7, 11) is 0. The van der Waals surface area contributed by atoms with Gasteiger partial charge in [-0.2, -0.15) is 0 Å². The fraction of sp³-hybridized carbons (Fsp3) is 0.353. The highest BCUT2D eigenvalue weighted by Crippen LogP contribution is 2.24. The zero-order valence-corrected chi connectivity index (χ0v) is 13.3. The Morgan fingerprint density at radius 2 is 2.05 bits per heavy atom. The Hall–Kier alpha value is -1.58. The van der Waals surface area contributed by atoms with Crippen LogP contribution in [0, 0.1) is 0 Å². The van der Waals surface area contributed by atoms with Crippen molar-refractivity contribution in [1.29, 1.82) is 0 Å². The van der Waals surface area contributed by atoms with Crippen LogP contribution in [0.5, 0.6) is 11.6 Å². The summed E-state index contributed by atoms with van der Waals surface area (Å²) in [6, 6.07) is 11.4. The number of pyridine rings is 1. The quantitative estimate of drug-likeness (QED) is 0.760. The minimum Gasteiger partial charge on any atom is -0.439 e. The molecular formula is C17H21ClN2O. The molecule has 112 valence electrons. The lowest BCUT2D eigenvalue weighted by molar-refractivity contribution is 0.459. The first kappa shape index (κ1) is 15.8. The van der Waals surface area contributed by atoms with E-state index in [2.05, 4.69) is 30.2 Å². The van der Waals surface area contributed by atoms with Gasteiger partial charge in [0.2, 0.25) is 5.88 Å². The lowest BCUT2D eigenvalue weighted by atomic mass is 10.2. The Morgan fingerprint density at radius 1 is 1.19 bits per heavy atom. The van der Waals surface area contributed by atoms with Crippen molar-refractivity contribution >= 4 is 11.6 Å². The molecule has 0 saturated heterocycles. The second-order valence-electron chi connectivity index (χ2n) is 4.89. The van der Waals surface area contributed by atoms with Crippen molar-refractivity contribution in [1.82, 2.24) is 10.3 Å². The highest BCUT2D eigenvalue weighted by Gasteiger charge is 2.05. The Bertz CT molecular complexity index is 587. The summed E-state index contributed by atoms with van der Waals surface area (Å²) < 4.78 is 5.83. The van der Waals surface area contributed by atoms with E-state index in [1.54, 1.807) is 6.07 Å². The maximum absolute atomic E-state index is 5.97. The van der Waals surface area contributed by atoms with Gasteiger partial charge in [0.15, 0.2) is 0 Å². The fourth-order valence-electron chi connectivity index (χ4n) is 2.02. The van der Waals surface area contributed by atoms with Crippen molar-refractivity contribution in [3.05, 3.63) is 52.7 Å². The van der Waals surface area contributed by atoms with Crippen LogP contribution in [0.3, 0.4) is 0 Å². The van der Waals surface area contributed by atoms with Crippen molar-refractivity contribution in [3.63, 3.8) is 0 Å². The van der Waals surface area contributed by atoms with Gasteiger partial charge in [-0.3, -0.25) is 0 Å². The van der Waals surface area contributed by atoms with E-state index < -0.39 is 0 Å². The van der Waals surface area contributed by atoms with E-state index in [4.69, 9.17) is 16.3 Å². The van der Waals surface area contributed by atoms with Crippen LogP contribution >= 0.6 is 11.6 Å². The van der Waals surface area contributed by atoms with Gasteiger partial charge >= 0.3 is 0 Å². The first-order chi connectivity index (χ1) is 10.2. The molecule has 0 aliphatic heterocycles. The molecule has 0 bridgehead atoms. The zero-order chi connectivity index (χ0) is 15.1. The van der Waals surface area contributed by atoms with E-state index in [-0.39, 0.29) is 0 Å². The molecule has 0 atom stereocenters. The van der Waals surface area contributed by atoms with Gasteiger partial charge in [-0.25, -0.2) is 4.98 Å². The largest absolute Gasteiger partial charge is 0.439 e. The van der Waals surface area contributed by atoms with Gasteiger partial charge in [-0.15, -0.1) is 0 Å². The number of aryl methyl sites for hydroxylation is 1. The first-order valence-electron chi connectivity index (χ1n) is 7.35. The number of hydrogen-bond acceptors (Lipinski definition) is 3. The smallest absolute Gasteiger partial charge is 0.219 e. The van der Waals surface area contributed by atoms with E-state index in [1.165, 1.54) is 5.56 Å². The van der Waals surface area contributed by atoms with Crippen molar-refractivity contribution in [3.8, 4) is 11.6 Å². The molecule has 0 radical (unpaired) electrons. The molecule has 21 heavy (non-hydrogen) atoms. The molecule has 0 spiro atoms. The van der Waals surface area contributed by atoms with Gasteiger partial charge in [0.05, 0.1) is 0 Å². The van der Waals surface area contributed by atoms with E-state index in [0.717, 1.165) is 31.6 Å². The van der Waals surface area contributed by atoms with Crippen molar-refractivity contribution < 1.29 is 4.74 Å². The molecule has 0 aliphatic carbocycles. The molecule has 1 heterocycles. The average Bonchev–Trinajstić information content (AvgIpc) is 2.47. The number of aromatic nitrogens is 1. The third kappa shape index (κ3) is 5.03. The second-order valence-corrected chi connectivity index (χ2v) is 5.33. The Balaban J connectivity index is 2.15. The highest BCUT2D eigenvalue weighted by molar-refractivity contribution is 6.30. The van der Waals surface area contributed by atoms with Crippen LogP contribution in [0.4, 0.5) is 0 Å². The molecule has 0 fully saturated rings. The Labute approximate surface area is 131 Å². The number of rotatable bonds is 7. The van der Waals surface area contributed by atoms with Crippen LogP contribution in [-0.2, 0) is 13.0 Å². The third-order valence-electron chi connectivity index (χ3n) is 3.05. The van der Waals surface area contributed by atoms with Crippen LogP contribution in [0.2, 0.25) is 5.02 Å². The second kappa shape index (κ2) is 8.01. The molecular weight excluding hydrogens is 284 g/mol. The van der Waals surface area contributed by atoms with Crippen LogP contribution in [0.1, 0.15) is 31.5 Å². The number of nitrogens with one attached hydrogen (secondary N) is 1. The number of ether oxygens (including phenoxy) is 1. The monoisotopic (exact) mass is 304 g/mol. The van der Waals surface area contributed by atoms with Crippen LogP contribution in [0.15, 0.2) is 36.4 Å². The lowest BCUT2D eigenvalue weighted by Gasteiger charge is -2.10. The standard InChI is InChI=1S/C17H21ClN2O/c1-3-8-19-12-13-9-15(4-2)20-17(10-13)21-16-7-5-6-14(18)11-16/h5-7,9-11,19H,3-4,8,12H2,1-2H3. The number of benzene rings is 1. The normalized spacial score (nSPS) is 10.6. The Kier molecular flexibility index (Phi) is 6.03. The lowest BCUT2D eigenvalue weighted by Crippen LogP contribution is -2.14. The van der Waals surface area contributed by atoms with Crippen molar-refractivity contribution in [2.75, 3.05) is 6.54 Å². The van der Waals surface area contributed by atoms with Crippen LogP contribution in [0.25, 0.3) is 0 Å². The molecule has 0 saturated carbocycles. The maximum Gasteiger partial charge on any atom is 0.219 e. The van der Waals surface area contributed by atoms with Gasteiger partial charge in [0, 0.05) is 23.3 Å². The molecule has 3 nitrogen and oxygen atoms in total. The number of halogens is 1. The summed E-state index contributed by atoms with van der Waals surface area (Å²) in [6.07, 6.45) is 2.01. The molecule has 2 aromatic rings. The Morgan fingerprint density at radius 3 is 2.76 bits per heavy atom. The maximum atomic E-state index is 5.97. The fourth-order valence-corrected chi connectivity index (χ4v) is 2.20.